The fourth-order valence-corrected chi connectivity index (χ4v) is 10.1. The molecule has 5 fully saturated rings. The van der Waals surface area contributed by atoms with E-state index in [0.717, 1.165) is 58.8 Å². The highest BCUT2D eigenvalue weighted by atomic mass is 16.8. The van der Waals surface area contributed by atoms with Crippen LogP contribution >= 0.6 is 0 Å². The van der Waals surface area contributed by atoms with Crippen LogP contribution in [0.2, 0.25) is 0 Å². The van der Waals surface area contributed by atoms with Crippen molar-refractivity contribution >= 4 is 17.8 Å². The summed E-state index contributed by atoms with van der Waals surface area (Å²) in [5, 5.41) is 179. The minimum Gasteiger partial charge on any atom is -0.477 e. The van der Waals surface area contributed by atoms with Crippen molar-refractivity contribution in [2.45, 2.75) is 231 Å². The molecule has 0 radical (unpaired) electrons. The summed E-state index contributed by atoms with van der Waals surface area (Å²) in [5.41, 5.74) is 0. The number of unbranched alkanes of at least 4 members (excludes halogenated alkanes) is 7. The van der Waals surface area contributed by atoms with E-state index in [4.69, 9.17) is 47.4 Å². The smallest absolute Gasteiger partial charge is 0.364 e. The zero-order chi connectivity index (χ0) is 58.5. The van der Waals surface area contributed by atoms with Crippen LogP contribution in [0.4, 0.5) is 0 Å². The van der Waals surface area contributed by atoms with Gasteiger partial charge in [-0.3, -0.25) is 9.59 Å². The maximum absolute atomic E-state index is 13.6. The molecule has 2 amide bonds. The number of carboxylic acid groups (broad SMARTS) is 1. The Balaban J connectivity index is 1.51. The minimum atomic E-state index is -3.32. The van der Waals surface area contributed by atoms with Gasteiger partial charge < -0.3 is 140 Å². The van der Waals surface area contributed by atoms with E-state index in [9.17, 15) is 96.1 Å². The number of carbonyl (C=O) groups excluding carboxylic acids is 2. The number of aliphatic hydroxyl groups is 15. The molecule has 5 saturated heterocycles. The molecule has 5 heterocycles. The lowest BCUT2D eigenvalue weighted by Gasteiger charge is -2.52. The Morgan fingerprint density at radius 2 is 1.08 bits per heavy atom. The molecule has 458 valence electrons. The van der Waals surface area contributed by atoms with Crippen molar-refractivity contribution in [2.24, 2.45) is 0 Å². The molecule has 31 nitrogen and oxygen atoms in total. The quantitative estimate of drug-likeness (QED) is 0.0244. The summed E-state index contributed by atoms with van der Waals surface area (Å²) in [4.78, 5) is 38.8. The number of nitrogens with one attached hydrogen (secondary N) is 2. The van der Waals surface area contributed by atoms with Gasteiger partial charge in [-0.25, -0.2) is 4.79 Å². The highest BCUT2D eigenvalue weighted by Crippen LogP contribution is 2.41. The van der Waals surface area contributed by atoms with Crippen LogP contribution in [-0.2, 0) is 61.8 Å². The summed E-state index contributed by atoms with van der Waals surface area (Å²) in [7, 11) is 0. The van der Waals surface area contributed by atoms with Gasteiger partial charge in [-0.2, -0.15) is 0 Å². The van der Waals surface area contributed by atoms with Crippen LogP contribution < -0.4 is 10.6 Å². The molecule has 5 rings (SSSR count). The highest BCUT2D eigenvalue weighted by molar-refractivity contribution is 5.76. The molecule has 0 aromatic rings. The van der Waals surface area contributed by atoms with Crippen LogP contribution in [0.15, 0.2) is 12.7 Å². The lowest BCUT2D eigenvalue weighted by atomic mass is 9.88. The number of carboxylic acids is 1. The van der Waals surface area contributed by atoms with Gasteiger partial charge >= 0.3 is 5.97 Å². The van der Waals surface area contributed by atoms with Gasteiger partial charge in [0.2, 0.25) is 11.8 Å². The van der Waals surface area contributed by atoms with Gasteiger partial charge in [0.25, 0.3) is 5.79 Å². The van der Waals surface area contributed by atoms with E-state index in [1.807, 2.05) is 6.08 Å². The topological polar surface area (TPSA) is 491 Å². The molecule has 79 heavy (non-hydrogen) atoms. The Labute approximate surface area is 454 Å². The Bertz CT molecular complexity index is 1880. The van der Waals surface area contributed by atoms with Crippen molar-refractivity contribution in [1.29, 1.82) is 0 Å². The molecule has 0 unspecified atom stereocenters. The van der Waals surface area contributed by atoms with Crippen molar-refractivity contribution in [3.8, 4) is 0 Å². The second-order valence-corrected chi connectivity index (χ2v) is 20.2. The number of allylic oxidation sites excluding steroid dienone is 1. The number of amides is 2. The first-order chi connectivity index (χ1) is 37.5. The van der Waals surface area contributed by atoms with Gasteiger partial charge in [-0.05, 0) is 19.3 Å². The fourth-order valence-electron chi connectivity index (χ4n) is 10.1. The molecular weight excluding hydrogens is 1070 g/mol. The van der Waals surface area contributed by atoms with Crippen molar-refractivity contribution in [3.63, 3.8) is 0 Å². The van der Waals surface area contributed by atoms with Crippen LogP contribution in [0.1, 0.15) is 71.6 Å². The van der Waals surface area contributed by atoms with Crippen molar-refractivity contribution in [1.82, 2.24) is 10.6 Å². The molecule has 5 aliphatic rings. The minimum absolute atomic E-state index is 0.0776. The summed E-state index contributed by atoms with van der Waals surface area (Å²) < 4.78 is 59.0. The van der Waals surface area contributed by atoms with Crippen LogP contribution in [0, 0.1) is 0 Å². The molecule has 31 heteroatoms. The van der Waals surface area contributed by atoms with Gasteiger partial charge in [-0.15, -0.1) is 6.58 Å². The molecule has 18 N–H and O–H groups in total. The first-order valence-corrected chi connectivity index (χ1v) is 26.3. The van der Waals surface area contributed by atoms with E-state index in [-0.39, 0.29) is 6.61 Å². The monoisotopic (exact) mass is 1150 g/mol. The average molecular weight is 1150 g/mol. The van der Waals surface area contributed by atoms with Gasteiger partial charge in [0.15, 0.2) is 25.2 Å². The lowest BCUT2D eigenvalue weighted by Crippen LogP contribution is -2.72. The number of hydrogen-bond donors (Lipinski definition) is 18. The Kier molecular flexibility index (Phi) is 26.4. The SMILES string of the molecule is C=CCCCCCCCCCO[C@@H]1O[C@H](CO)[C@@H](O[C@@H]2O[C@H](CO)[C@H](O[C@@H]3O[C@H](CO)[C@H](O)[C@H](O[C@@H]4O[C@H](CO)[C@H](O)[C@H](O)[C@H]4O)[C@H]3NC(C)=O)[C@H](O[C@]3(C(=O)O)C[C@H](O)[C@@H](NC(C)=O)[C@H]([C@H](O)[C@H](O)CO)O3)[C@H]2O)[C@H](O)[C@H]1O. The Hall–Kier alpha value is -2.85. The van der Waals surface area contributed by atoms with Crippen LogP contribution in [0.25, 0.3) is 0 Å². The van der Waals surface area contributed by atoms with Crippen LogP contribution in [-0.4, -0.2) is 298 Å². The second-order valence-electron chi connectivity index (χ2n) is 20.2. The first kappa shape index (κ1) is 66.9. The number of carbonyl (C=O) groups is 3. The second kappa shape index (κ2) is 31.2. The van der Waals surface area contributed by atoms with E-state index in [1.165, 1.54) is 0 Å². The maximum Gasteiger partial charge on any atom is 0.364 e. The van der Waals surface area contributed by atoms with Gasteiger partial charge in [0.1, 0.15) is 116 Å². The van der Waals surface area contributed by atoms with Crippen LogP contribution in [0.3, 0.4) is 0 Å². The fraction of sp³-hybridized carbons (Fsp3) is 0.896. The van der Waals surface area contributed by atoms with Crippen molar-refractivity contribution in [2.75, 3.05) is 39.6 Å². The molecule has 0 aliphatic carbocycles. The number of rotatable bonds is 29. The molecule has 0 aromatic carbocycles. The number of hydrogen-bond acceptors (Lipinski definition) is 28. The normalized spacial score (nSPS) is 41.7. The molecule has 0 bridgehead atoms. The summed E-state index contributed by atoms with van der Waals surface area (Å²) in [6, 6.07) is -3.58. The summed E-state index contributed by atoms with van der Waals surface area (Å²) in [6.45, 7) is 0.489. The van der Waals surface area contributed by atoms with Crippen molar-refractivity contribution in [3.05, 3.63) is 12.7 Å². The van der Waals surface area contributed by atoms with E-state index in [1.54, 1.807) is 0 Å². The van der Waals surface area contributed by atoms with Gasteiger partial charge in [-0.1, -0.05) is 38.2 Å². The Morgan fingerprint density at radius 3 is 1.66 bits per heavy atom. The summed E-state index contributed by atoms with van der Waals surface area (Å²) >= 11 is 0. The van der Waals surface area contributed by atoms with E-state index in [0.29, 0.717) is 6.42 Å². The predicted molar refractivity (Wildman–Crippen MR) is 258 cm³/mol. The average Bonchev–Trinajstić information content (AvgIpc) is 3.45. The first-order valence-electron chi connectivity index (χ1n) is 26.3. The van der Waals surface area contributed by atoms with E-state index in [2.05, 4.69) is 17.2 Å². The third kappa shape index (κ3) is 16.5. The van der Waals surface area contributed by atoms with Gasteiger partial charge in [0.05, 0.1) is 45.2 Å². The maximum atomic E-state index is 13.6. The predicted octanol–water partition coefficient (Wildman–Crippen LogP) is -8.10. The molecule has 0 aromatic heterocycles. The van der Waals surface area contributed by atoms with E-state index < -0.39 is 216 Å². The van der Waals surface area contributed by atoms with Crippen LogP contribution in [0.5, 0.6) is 0 Å². The zero-order valence-electron chi connectivity index (χ0n) is 43.8. The summed E-state index contributed by atoms with van der Waals surface area (Å²) in [5.74, 6) is -7.19. The third-order valence-electron chi connectivity index (χ3n) is 14.4. The molecular formula is C48H82N2O29. The highest BCUT2D eigenvalue weighted by Gasteiger charge is 2.62. The number of ether oxygens (including phenoxy) is 10. The number of aliphatic carboxylic acids is 1. The third-order valence-corrected chi connectivity index (χ3v) is 14.4. The summed E-state index contributed by atoms with van der Waals surface area (Å²) in [6.07, 6.45) is -38.1. The molecule has 0 saturated carbocycles. The van der Waals surface area contributed by atoms with E-state index >= 15 is 0 Å². The molecule has 0 spiro atoms. The largest absolute Gasteiger partial charge is 0.477 e. The molecule has 5 aliphatic heterocycles. The number of aliphatic hydroxyl groups excluding tert-OH is 15. The standard InChI is InChI=1S/C48H82N2O29/c1-4-5-6-7-8-9-10-11-12-13-70-44-36(66)34(64)38(26(18-54)73-44)75-46-37(67)42(79-48(47(68)69)14-22(58)28(49-20(2)56)41(78-48)30(60)23(59)15-51)39(27(19-55)74-46)76-43-29(50-21(3)57)40(32(62)25(17-53)71-43)77-45-35(65)33(63)31(61)24(16-52)72-45/h4,22-46,51-55,58-67H,1,5-19H2,2-3H3,(H,49,56)(H,50,57)(H,68,69)/t22-,23+,24+,25+,26+,27+,28+,29+,30+,31-,32-,33-,34+,35+,36+,37+,38+,39-,40+,41+,42+,43-,44+,45-,46-,48-/m0/s1. The van der Waals surface area contributed by atoms with Gasteiger partial charge in [0, 0.05) is 26.9 Å². The van der Waals surface area contributed by atoms with Crippen molar-refractivity contribution < 1.29 is 143 Å². The zero-order valence-corrected chi connectivity index (χ0v) is 43.8. The molecule has 26 atom stereocenters. The Morgan fingerprint density at radius 1 is 0.582 bits per heavy atom. The lowest BCUT2D eigenvalue weighted by molar-refractivity contribution is -0.403.